The molecule has 0 radical (unpaired) electrons. The number of guanidine groups is 1. The first-order valence-corrected chi connectivity index (χ1v) is 8.27. The van der Waals surface area contributed by atoms with Crippen molar-refractivity contribution < 1.29 is 0 Å². The Morgan fingerprint density at radius 1 is 1.13 bits per heavy atom. The van der Waals surface area contributed by atoms with Gasteiger partial charge in [-0.25, -0.2) is 0 Å². The average molecular weight is 428 g/mol. The van der Waals surface area contributed by atoms with Crippen LogP contribution in [-0.2, 0) is 6.42 Å². The highest BCUT2D eigenvalue weighted by molar-refractivity contribution is 14.0. The van der Waals surface area contributed by atoms with Gasteiger partial charge in [0.05, 0.1) is 0 Å². The maximum atomic E-state index is 4.28. The van der Waals surface area contributed by atoms with Crippen LogP contribution in [-0.4, -0.2) is 31.1 Å². The van der Waals surface area contributed by atoms with E-state index >= 15 is 0 Å². The van der Waals surface area contributed by atoms with Crippen molar-refractivity contribution in [3.05, 3.63) is 35.5 Å². The fourth-order valence-electron chi connectivity index (χ4n) is 2.77. The Morgan fingerprint density at radius 3 is 2.61 bits per heavy atom. The number of hydrogen-bond donors (Lipinski definition) is 3. The van der Waals surface area contributed by atoms with Gasteiger partial charge in [0, 0.05) is 36.7 Å². The molecule has 1 aromatic carbocycles. The standard InChI is InChI=1S/C18H28N4.HI/c1-4-5-8-12-20-18(19-3)21-13-11-15-14(2)22-17-10-7-6-9-16(15)17;/h6-7,9-10,22H,4-5,8,11-13H2,1-3H3,(H2,19,20,21);1H. The quantitative estimate of drug-likeness (QED) is 0.270. The molecule has 23 heavy (non-hydrogen) atoms. The number of hydrogen-bond acceptors (Lipinski definition) is 1. The molecule has 0 spiro atoms. The lowest BCUT2D eigenvalue weighted by Gasteiger charge is -2.11. The summed E-state index contributed by atoms with van der Waals surface area (Å²) in [5, 5.41) is 8.10. The number of aliphatic imine (C=N–C) groups is 1. The molecule has 1 heterocycles. The van der Waals surface area contributed by atoms with Gasteiger partial charge in [0.2, 0.25) is 0 Å². The summed E-state index contributed by atoms with van der Waals surface area (Å²) in [4.78, 5) is 7.73. The SMILES string of the molecule is CCCCCNC(=NC)NCCc1c(C)[nH]c2ccccc12.I. The van der Waals surface area contributed by atoms with Crippen LogP contribution in [0.1, 0.15) is 37.4 Å². The largest absolute Gasteiger partial charge is 0.358 e. The topological polar surface area (TPSA) is 52.2 Å². The van der Waals surface area contributed by atoms with Gasteiger partial charge < -0.3 is 15.6 Å². The highest BCUT2D eigenvalue weighted by Gasteiger charge is 2.07. The van der Waals surface area contributed by atoms with Crippen LogP contribution in [0, 0.1) is 6.92 Å². The monoisotopic (exact) mass is 428 g/mol. The highest BCUT2D eigenvalue weighted by Crippen LogP contribution is 2.21. The summed E-state index contributed by atoms with van der Waals surface area (Å²) in [6, 6.07) is 8.49. The number of nitrogens with one attached hydrogen (secondary N) is 3. The minimum absolute atomic E-state index is 0. The molecule has 0 amide bonds. The van der Waals surface area contributed by atoms with Crippen molar-refractivity contribution in [2.45, 2.75) is 39.5 Å². The van der Waals surface area contributed by atoms with Crippen molar-refractivity contribution in [2.24, 2.45) is 4.99 Å². The molecule has 2 rings (SSSR count). The van der Waals surface area contributed by atoms with Gasteiger partial charge in [0.15, 0.2) is 5.96 Å². The van der Waals surface area contributed by atoms with Gasteiger partial charge in [-0.3, -0.25) is 4.99 Å². The van der Waals surface area contributed by atoms with E-state index in [1.807, 2.05) is 7.05 Å². The Labute approximate surface area is 156 Å². The Hall–Kier alpha value is -1.24. The fraction of sp³-hybridized carbons (Fsp3) is 0.500. The number of aromatic nitrogens is 1. The molecule has 0 aliphatic rings. The van der Waals surface area contributed by atoms with Gasteiger partial charge >= 0.3 is 0 Å². The van der Waals surface area contributed by atoms with Crippen LogP contribution in [0.4, 0.5) is 0 Å². The number of aryl methyl sites for hydroxylation is 1. The van der Waals surface area contributed by atoms with Gasteiger partial charge in [-0.1, -0.05) is 38.0 Å². The van der Waals surface area contributed by atoms with Gasteiger partial charge in [0.1, 0.15) is 0 Å². The van der Waals surface area contributed by atoms with Gasteiger partial charge in [0.25, 0.3) is 0 Å². The zero-order chi connectivity index (χ0) is 15.8. The summed E-state index contributed by atoms with van der Waals surface area (Å²) in [5.74, 6) is 0.897. The number of fused-ring (bicyclic) bond motifs is 1. The molecule has 2 aromatic rings. The smallest absolute Gasteiger partial charge is 0.190 e. The van der Waals surface area contributed by atoms with Gasteiger partial charge in [-0.05, 0) is 31.4 Å². The van der Waals surface area contributed by atoms with E-state index in [0.717, 1.165) is 25.5 Å². The predicted molar refractivity (Wildman–Crippen MR) is 111 cm³/mol. The molecule has 3 N–H and O–H groups in total. The molecule has 0 aliphatic carbocycles. The van der Waals surface area contributed by atoms with E-state index < -0.39 is 0 Å². The number of para-hydroxylation sites is 1. The van der Waals surface area contributed by atoms with Crippen molar-refractivity contribution in [1.82, 2.24) is 15.6 Å². The highest BCUT2D eigenvalue weighted by atomic mass is 127. The van der Waals surface area contributed by atoms with Crippen LogP contribution in [0.25, 0.3) is 10.9 Å². The third-order valence-electron chi connectivity index (χ3n) is 3.99. The minimum Gasteiger partial charge on any atom is -0.358 e. The molecule has 1 aromatic heterocycles. The molecule has 0 saturated heterocycles. The Morgan fingerprint density at radius 2 is 1.87 bits per heavy atom. The number of benzene rings is 1. The first kappa shape index (κ1) is 19.8. The zero-order valence-corrected chi connectivity index (χ0v) is 16.7. The normalized spacial score (nSPS) is 11.3. The fourth-order valence-corrected chi connectivity index (χ4v) is 2.77. The maximum absolute atomic E-state index is 4.28. The molecule has 0 atom stereocenters. The molecule has 4 nitrogen and oxygen atoms in total. The van der Waals surface area contributed by atoms with Crippen LogP contribution in [0.2, 0.25) is 0 Å². The number of aromatic amines is 1. The van der Waals surface area contributed by atoms with Gasteiger partial charge in [-0.15, -0.1) is 24.0 Å². The van der Waals surface area contributed by atoms with Crippen molar-refractivity contribution in [1.29, 1.82) is 0 Å². The molecule has 0 fully saturated rings. The lowest BCUT2D eigenvalue weighted by Crippen LogP contribution is -2.38. The number of H-pyrrole nitrogens is 1. The third kappa shape index (κ3) is 5.71. The van der Waals surface area contributed by atoms with Crippen molar-refractivity contribution in [3.8, 4) is 0 Å². The zero-order valence-electron chi connectivity index (χ0n) is 14.4. The summed E-state index contributed by atoms with van der Waals surface area (Å²) >= 11 is 0. The second-order valence-electron chi connectivity index (χ2n) is 5.66. The van der Waals surface area contributed by atoms with Crippen LogP contribution in [0.5, 0.6) is 0 Å². The summed E-state index contributed by atoms with van der Waals surface area (Å²) in [6.45, 7) is 6.24. The van der Waals surface area contributed by atoms with Crippen LogP contribution >= 0.6 is 24.0 Å². The second kappa shape index (κ2) is 10.5. The number of unbranched alkanes of at least 4 members (excludes halogenated alkanes) is 2. The lowest BCUT2D eigenvalue weighted by atomic mass is 10.1. The number of halogens is 1. The molecule has 0 saturated carbocycles. The summed E-state index contributed by atoms with van der Waals surface area (Å²) < 4.78 is 0. The molecule has 5 heteroatoms. The van der Waals surface area contributed by atoms with E-state index in [9.17, 15) is 0 Å². The first-order valence-electron chi connectivity index (χ1n) is 8.27. The van der Waals surface area contributed by atoms with E-state index in [0.29, 0.717) is 0 Å². The van der Waals surface area contributed by atoms with Gasteiger partial charge in [-0.2, -0.15) is 0 Å². The van der Waals surface area contributed by atoms with Crippen LogP contribution < -0.4 is 10.6 Å². The minimum atomic E-state index is 0. The van der Waals surface area contributed by atoms with E-state index in [2.05, 4.69) is 58.7 Å². The molecule has 0 unspecified atom stereocenters. The summed E-state index contributed by atoms with van der Waals surface area (Å²) in [7, 11) is 1.83. The van der Waals surface area contributed by atoms with Crippen molar-refractivity contribution in [2.75, 3.05) is 20.1 Å². The first-order chi connectivity index (χ1) is 10.8. The summed E-state index contributed by atoms with van der Waals surface area (Å²) in [6.07, 6.45) is 4.69. The average Bonchev–Trinajstić information content (AvgIpc) is 2.85. The van der Waals surface area contributed by atoms with Crippen molar-refractivity contribution >= 4 is 40.8 Å². The van der Waals surface area contributed by atoms with E-state index in [4.69, 9.17) is 0 Å². The van der Waals surface area contributed by atoms with E-state index in [1.54, 1.807) is 0 Å². The lowest BCUT2D eigenvalue weighted by molar-refractivity contribution is 0.682. The maximum Gasteiger partial charge on any atom is 0.190 e. The Bertz CT molecular complexity index is 619. The molecule has 0 aliphatic heterocycles. The molecule has 128 valence electrons. The molecule has 0 bridgehead atoms. The number of rotatable bonds is 7. The van der Waals surface area contributed by atoms with Crippen LogP contribution in [0.3, 0.4) is 0 Å². The van der Waals surface area contributed by atoms with E-state index in [-0.39, 0.29) is 24.0 Å². The van der Waals surface area contributed by atoms with E-state index in [1.165, 1.54) is 41.4 Å². The second-order valence-corrected chi connectivity index (χ2v) is 5.66. The predicted octanol–water partition coefficient (Wildman–Crippen LogP) is 3.99. The summed E-state index contributed by atoms with van der Waals surface area (Å²) in [5.41, 5.74) is 3.87. The van der Waals surface area contributed by atoms with Crippen molar-refractivity contribution in [3.63, 3.8) is 0 Å². The molecular weight excluding hydrogens is 399 g/mol. The molecular formula is C18H29IN4. The Balaban J connectivity index is 0.00000264. The Kier molecular flexibility index (Phi) is 9.06. The number of nitrogens with zero attached hydrogens (tertiary/aromatic N) is 1. The van der Waals surface area contributed by atoms with Crippen LogP contribution in [0.15, 0.2) is 29.3 Å². The third-order valence-corrected chi connectivity index (χ3v) is 3.99.